The Morgan fingerprint density at radius 3 is 2.42 bits per heavy atom. The molecule has 2 aromatic rings. The number of halogens is 1. The van der Waals surface area contributed by atoms with Crippen molar-refractivity contribution in [2.24, 2.45) is 0 Å². The molecule has 0 aromatic heterocycles. The minimum atomic E-state index is -0.713. The van der Waals surface area contributed by atoms with Crippen molar-refractivity contribution in [3.63, 3.8) is 0 Å². The quantitative estimate of drug-likeness (QED) is 0.827. The summed E-state index contributed by atoms with van der Waals surface area (Å²) in [7, 11) is 0. The van der Waals surface area contributed by atoms with Crippen LogP contribution < -0.4 is 10.1 Å². The predicted molar refractivity (Wildman–Crippen MR) is 87.4 cm³/mol. The summed E-state index contributed by atoms with van der Waals surface area (Å²) in [5.41, 5.74) is 2.68. The summed E-state index contributed by atoms with van der Waals surface area (Å²) in [6, 6.07) is 11.0. The van der Waals surface area contributed by atoms with Gasteiger partial charge in [-0.05, 0) is 49.2 Å². The van der Waals surface area contributed by atoms with Crippen molar-refractivity contribution in [3.8, 4) is 5.75 Å². The average molecular weight is 331 g/mol. The molecule has 1 N–H and O–H groups in total. The second-order valence-electron chi connectivity index (χ2n) is 5.33. The molecule has 2 aromatic carbocycles. The number of hydrogen-bond acceptors (Lipinski definition) is 4. The van der Waals surface area contributed by atoms with Gasteiger partial charge in [-0.15, -0.1) is 0 Å². The first kappa shape index (κ1) is 17.5. The zero-order valence-corrected chi connectivity index (χ0v) is 13.5. The van der Waals surface area contributed by atoms with Crippen LogP contribution in [0.4, 0.5) is 10.1 Å². The van der Waals surface area contributed by atoms with E-state index in [1.54, 1.807) is 0 Å². The number of esters is 1. The number of nitrogens with one attached hydrogen (secondary N) is 1. The van der Waals surface area contributed by atoms with E-state index in [0.717, 1.165) is 17.2 Å². The highest BCUT2D eigenvalue weighted by molar-refractivity contribution is 5.93. The van der Waals surface area contributed by atoms with E-state index in [2.05, 4.69) is 5.32 Å². The Morgan fingerprint density at radius 1 is 1.04 bits per heavy atom. The molecule has 0 atom stereocenters. The topological polar surface area (TPSA) is 64.6 Å². The standard InChI is InChI=1S/C18H18FNO4/c1-12-6-13(2)8-15(7-12)20-17(21)10-24-18(22)11-23-16-5-3-4-14(19)9-16/h3-9H,10-11H2,1-2H3,(H,20,21). The lowest BCUT2D eigenvalue weighted by Gasteiger charge is -2.09. The molecule has 6 heteroatoms. The van der Waals surface area contributed by atoms with Crippen molar-refractivity contribution < 1.29 is 23.5 Å². The molecule has 0 fully saturated rings. The Hall–Kier alpha value is -2.89. The lowest BCUT2D eigenvalue weighted by molar-refractivity contribution is -0.149. The number of rotatable bonds is 6. The van der Waals surface area contributed by atoms with Gasteiger partial charge in [0.1, 0.15) is 11.6 Å². The van der Waals surface area contributed by atoms with E-state index in [1.165, 1.54) is 18.2 Å². The molecule has 0 saturated heterocycles. The zero-order valence-electron chi connectivity index (χ0n) is 13.5. The van der Waals surface area contributed by atoms with Crippen molar-refractivity contribution >= 4 is 17.6 Å². The largest absolute Gasteiger partial charge is 0.482 e. The molecule has 0 saturated carbocycles. The van der Waals surface area contributed by atoms with Gasteiger partial charge in [0.15, 0.2) is 13.2 Å². The second-order valence-corrected chi connectivity index (χ2v) is 5.33. The summed E-state index contributed by atoms with van der Waals surface area (Å²) in [4.78, 5) is 23.3. The van der Waals surface area contributed by atoms with Crippen LogP contribution in [0.3, 0.4) is 0 Å². The van der Waals surface area contributed by atoms with E-state index in [-0.39, 0.29) is 5.75 Å². The number of carbonyl (C=O) groups excluding carboxylic acids is 2. The molecule has 0 aliphatic heterocycles. The third-order valence-corrected chi connectivity index (χ3v) is 3.02. The van der Waals surface area contributed by atoms with Gasteiger partial charge in [0.2, 0.25) is 0 Å². The molecular formula is C18H18FNO4. The third-order valence-electron chi connectivity index (χ3n) is 3.02. The Kier molecular flexibility index (Phi) is 5.89. The van der Waals surface area contributed by atoms with Crippen LogP contribution in [0.2, 0.25) is 0 Å². The van der Waals surface area contributed by atoms with Crippen molar-refractivity contribution in [1.82, 2.24) is 0 Å². The average Bonchev–Trinajstić information content (AvgIpc) is 2.50. The molecule has 0 unspecified atom stereocenters. The van der Waals surface area contributed by atoms with E-state index in [1.807, 2.05) is 32.0 Å². The van der Waals surface area contributed by atoms with Gasteiger partial charge in [-0.3, -0.25) is 4.79 Å². The van der Waals surface area contributed by atoms with E-state index in [9.17, 15) is 14.0 Å². The van der Waals surface area contributed by atoms with Crippen LogP contribution in [-0.2, 0) is 14.3 Å². The normalized spacial score (nSPS) is 10.1. The molecule has 0 bridgehead atoms. The van der Waals surface area contributed by atoms with E-state index in [0.29, 0.717) is 5.69 Å². The monoisotopic (exact) mass is 331 g/mol. The molecular weight excluding hydrogens is 313 g/mol. The number of amides is 1. The lowest BCUT2D eigenvalue weighted by atomic mass is 10.1. The number of carbonyl (C=O) groups is 2. The second kappa shape index (κ2) is 8.10. The van der Waals surface area contributed by atoms with Gasteiger partial charge in [0.05, 0.1) is 0 Å². The highest BCUT2D eigenvalue weighted by Crippen LogP contribution is 2.14. The molecule has 0 aliphatic carbocycles. The van der Waals surface area contributed by atoms with Crippen LogP contribution in [0.25, 0.3) is 0 Å². The van der Waals surface area contributed by atoms with Gasteiger partial charge in [0.25, 0.3) is 5.91 Å². The van der Waals surface area contributed by atoms with Gasteiger partial charge in [-0.2, -0.15) is 0 Å². The maximum Gasteiger partial charge on any atom is 0.344 e. The Morgan fingerprint density at radius 2 is 1.75 bits per heavy atom. The first-order valence-corrected chi connectivity index (χ1v) is 7.34. The Labute approximate surface area is 139 Å². The van der Waals surface area contributed by atoms with Crippen LogP contribution in [0.5, 0.6) is 5.75 Å². The molecule has 126 valence electrons. The van der Waals surface area contributed by atoms with Gasteiger partial charge >= 0.3 is 5.97 Å². The molecule has 0 heterocycles. The van der Waals surface area contributed by atoms with Gasteiger partial charge < -0.3 is 14.8 Å². The van der Waals surface area contributed by atoms with Gasteiger partial charge in [-0.25, -0.2) is 9.18 Å². The van der Waals surface area contributed by atoms with Crippen LogP contribution in [0.15, 0.2) is 42.5 Å². The summed E-state index contributed by atoms with van der Waals surface area (Å²) in [6.45, 7) is 3.03. The zero-order chi connectivity index (χ0) is 17.5. The predicted octanol–water partition coefficient (Wildman–Crippen LogP) is 3.00. The van der Waals surface area contributed by atoms with E-state index < -0.39 is 30.9 Å². The SMILES string of the molecule is Cc1cc(C)cc(NC(=O)COC(=O)COc2cccc(F)c2)c1. The van der Waals surface area contributed by atoms with Crippen molar-refractivity contribution in [2.45, 2.75) is 13.8 Å². The van der Waals surface area contributed by atoms with Crippen molar-refractivity contribution in [2.75, 3.05) is 18.5 Å². The lowest BCUT2D eigenvalue weighted by Crippen LogP contribution is -2.23. The maximum absolute atomic E-state index is 13.0. The molecule has 0 aliphatic rings. The summed E-state index contributed by atoms with van der Waals surface area (Å²) < 4.78 is 22.9. The van der Waals surface area contributed by atoms with E-state index in [4.69, 9.17) is 9.47 Å². The Bertz CT molecular complexity index is 725. The minimum absolute atomic E-state index is 0.214. The number of anilines is 1. The first-order chi connectivity index (χ1) is 11.4. The summed E-state index contributed by atoms with van der Waals surface area (Å²) in [6.07, 6.45) is 0. The smallest absolute Gasteiger partial charge is 0.344 e. The first-order valence-electron chi connectivity index (χ1n) is 7.34. The van der Waals surface area contributed by atoms with Gasteiger partial charge in [0, 0.05) is 11.8 Å². The maximum atomic E-state index is 13.0. The van der Waals surface area contributed by atoms with Crippen LogP contribution in [0.1, 0.15) is 11.1 Å². The minimum Gasteiger partial charge on any atom is -0.482 e. The molecule has 0 spiro atoms. The highest BCUT2D eigenvalue weighted by Gasteiger charge is 2.09. The third kappa shape index (κ3) is 5.72. The van der Waals surface area contributed by atoms with E-state index >= 15 is 0 Å². The fourth-order valence-corrected chi connectivity index (χ4v) is 2.13. The van der Waals surface area contributed by atoms with Crippen LogP contribution in [-0.4, -0.2) is 25.1 Å². The molecule has 0 radical (unpaired) electrons. The highest BCUT2D eigenvalue weighted by atomic mass is 19.1. The number of benzene rings is 2. The molecule has 2 rings (SSSR count). The van der Waals surface area contributed by atoms with Crippen molar-refractivity contribution in [3.05, 3.63) is 59.4 Å². The number of hydrogen-bond donors (Lipinski definition) is 1. The van der Waals surface area contributed by atoms with Crippen LogP contribution >= 0.6 is 0 Å². The fourth-order valence-electron chi connectivity index (χ4n) is 2.13. The summed E-state index contributed by atoms with van der Waals surface area (Å²) in [5, 5.41) is 2.65. The Balaban J connectivity index is 1.75. The number of ether oxygens (including phenoxy) is 2. The van der Waals surface area contributed by atoms with Crippen LogP contribution in [0, 0.1) is 19.7 Å². The summed E-state index contributed by atoms with van der Waals surface area (Å²) >= 11 is 0. The molecule has 1 amide bonds. The number of aryl methyl sites for hydroxylation is 2. The molecule has 24 heavy (non-hydrogen) atoms. The van der Waals surface area contributed by atoms with Gasteiger partial charge in [-0.1, -0.05) is 12.1 Å². The molecule has 5 nitrogen and oxygen atoms in total. The van der Waals surface area contributed by atoms with Crippen molar-refractivity contribution in [1.29, 1.82) is 0 Å². The fraction of sp³-hybridized carbons (Fsp3) is 0.222. The summed E-state index contributed by atoms with van der Waals surface area (Å²) in [5.74, 6) is -1.41.